The molecule has 158 valence electrons. The number of fused-ring (bicyclic) bond motifs is 1. The number of carbonyl (C=O) groups is 1. The van der Waals surface area contributed by atoms with Crippen molar-refractivity contribution in [3.8, 4) is 0 Å². The van der Waals surface area contributed by atoms with Crippen molar-refractivity contribution in [2.24, 2.45) is 0 Å². The van der Waals surface area contributed by atoms with Gasteiger partial charge in [-0.1, -0.05) is 30.3 Å². The first kappa shape index (κ1) is 19.7. The fourth-order valence-corrected chi connectivity index (χ4v) is 4.67. The maximum atomic E-state index is 13.3. The van der Waals surface area contributed by atoms with Gasteiger partial charge in [0.2, 0.25) is 5.95 Å². The number of piperazine rings is 1. The van der Waals surface area contributed by atoms with Crippen LogP contribution in [0.3, 0.4) is 0 Å². The molecule has 3 aromatic rings. The normalized spacial score (nSPS) is 18.8. The van der Waals surface area contributed by atoms with Gasteiger partial charge in [-0.15, -0.1) is 0 Å². The standard InChI is InChI=1S/C25H25FN4O/c1-17-24-22(15-19(16-23(24)31)18-7-9-20(26)10-8-18)28-25(27-17)30-13-11-29(12-14-30)21-5-3-2-4-6-21/h2-10,19H,11-16H2,1H3. The lowest BCUT2D eigenvalue weighted by atomic mass is 9.81. The topological polar surface area (TPSA) is 49.3 Å². The molecule has 5 rings (SSSR count). The third-order valence-corrected chi connectivity index (χ3v) is 6.33. The minimum absolute atomic E-state index is 0.0256. The summed E-state index contributed by atoms with van der Waals surface area (Å²) in [6.07, 6.45) is 1.09. The van der Waals surface area contributed by atoms with Gasteiger partial charge < -0.3 is 9.80 Å². The third kappa shape index (κ3) is 3.90. The van der Waals surface area contributed by atoms with Gasteiger partial charge in [-0.3, -0.25) is 4.79 Å². The summed E-state index contributed by atoms with van der Waals surface area (Å²) in [6.45, 7) is 5.38. The predicted octanol–water partition coefficient (Wildman–Crippen LogP) is 4.16. The van der Waals surface area contributed by atoms with E-state index in [-0.39, 0.29) is 17.5 Å². The van der Waals surface area contributed by atoms with Crippen LogP contribution < -0.4 is 9.80 Å². The maximum Gasteiger partial charge on any atom is 0.225 e. The summed E-state index contributed by atoms with van der Waals surface area (Å²) in [5.41, 5.74) is 4.46. The summed E-state index contributed by atoms with van der Waals surface area (Å²) in [5, 5.41) is 0. The molecule has 0 spiro atoms. The van der Waals surface area contributed by atoms with Crippen molar-refractivity contribution in [2.45, 2.75) is 25.7 Å². The zero-order valence-electron chi connectivity index (χ0n) is 17.6. The zero-order valence-corrected chi connectivity index (χ0v) is 17.6. The molecule has 2 aliphatic rings. The lowest BCUT2D eigenvalue weighted by Crippen LogP contribution is -2.47. The van der Waals surface area contributed by atoms with Gasteiger partial charge in [0.05, 0.1) is 17.0 Å². The Balaban J connectivity index is 1.36. The Morgan fingerprint density at radius 3 is 2.26 bits per heavy atom. The molecule has 0 N–H and O–H groups in total. The van der Waals surface area contributed by atoms with Crippen LogP contribution in [0.5, 0.6) is 0 Å². The lowest BCUT2D eigenvalue weighted by Gasteiger charge is -2.36. The molecular weight excluding hydrogens is 391 g/mol. The summed E-state index contributed by atoms with van der Waals surface area (Å²) in [4.78, 5) is 27.0. The van der Waals surface area contributed by atoms with Gasteiger partial charge in [-0.2, -0.15) is 0 Å². The largest absolute Gasteiger partial charge is 0.368 e. The second-order valence-corrected chi connectivity index (χ2v) is 8.32. The van der Waals surface area contributed by atoms with E-state index < -0.39 is 0 Å². The first-order valence-corrected chi connectivity index (χ1v) is 10.8. The molecule has 1 atom stereocenters. The molecule has 0 amide bonds. The number of halogens is 1. The Hall–Kier alpha value is -3.28. The summed E-state index contributed by atoms with van der Waals surface area (Å²) >= 11 is 0. The van der Waals surface area contributed by atoms with Gasteiger partial charge in [0.25, 0.3) is 0 Å². The van der Waals surface area contributed by atoms with E-state index in [0.717, 1.165) is 43.1 Å². The molecule has 31 heavy (non-hydrogen) atoms. The number of ketones is 1. The number of hydrogen-bond acceptors (Lipinski definition) is 5. The van der Waals surface area contributed by atoms with Crippen LogP contribution in [0.4, 0.5) is 16.0 Å². The maximum absolute atomic E-state index is 13.3. The fourth-order valence-electron chi connectivity index (χ4n) is 4.67. The minimum Gasteiger partial charge on any atom is -0.368 e. The third-order valence-electron chi connectivity index (χ3n) is 6.33. The molecule has 1 aliphatic heterocycles. The van der Waals surface area contributed by atoms with Crippen LogP contribution in [-0.2, 0) is 6.42 Å². The number of para-hydroxylation sites is 1. The molecule has 6 heteroatoms. The number of benzene rings is 2. The van der Waals surface area contributed by atoms with Gasteiger partial charge in [-0.25, -0.2) is 14.4 Å². The second-order valence-electron chi connectivity index (χ2n) is 8.32. The Morgan fingerprint density at radius 2 is 1.55 bits per heavy atom. The highest BCUT2D eigenvalue weighted by Gasteiger charge is 2.31. The molecular formula is C25H25FN4O. The van der Waals surface area contributed by atoms with E-state index in [2.05, 4.69) is 34.1 Å². The van der Waals surface area contributed by atoms with Crippen molar-refractivity contribution >= 4 is 17.4 Å². The van der Waals surface area contributed by atoms with E-state index in [0.29, 0.717) is 24.4 Å². The molecule has 1 unspecified atom stereocenters. The van der Waals surface area contributed by atoms with Crippen molar-refractivity contribution in [1.82, 2.24) is 9.97 Å². The van der Waals surface area contributed by atoms with Gasteiger partial charge in [-0.05, 0) is 49.1 Å². The minimum atomic E-state index is -0.263. The van der Waals surface area contributed by atoms with Gasteiger partial charge in [0.15, 0.2) is 5.78 Å². The first-order chi connectivity index (χ1) is 15.1. The molecule has 1 saturated heterocycles. The van der Waals surface area contributed by atoms with Crippen molar-refractivity contribution < 1.29 is 9.18 Å². The number of aromatic nitrogens is 2. The molecule has 1 aliphatic carbocycles. The Morgan fingerprint density at radius 1 is 0.871 bits per heavy atom. The summed E-state index contributed by atoms with van der Waals surface area (Å²) < 4.78 is 13.3. The van der Waals surface area contributed by atoms with E-state index >= 15 is 0 Å². The zero-order chi connectivity index (χ0) is 21.4. The van der Waals surface area contributed by atoms with Crippen molar-refractivity contribution in [3.05, 3.63) is 82.9 Å². The predicted molar refractivity (Wildman–Crippen MR) is 119 cm³/mol. The summed E-state index contributed by atoms with van der Waals surface area (Å²) in [7, 11) is 0. The van der Waals surface area contributed by atoms with Crippen LogP contribution in [0, 0.1) is 12.7 Å². The molecule has 1 aromatic heterocycles. The number of anilines is 2. The summed E-state index contributed by atoms with van der Waals surface area (Å²) in [5.74, 6) is 0.545. The smallest absolute Gasteiger partial charge is 0.225 e. The van der Waals surface area contributed by atoms with Crippen LogP contribution in [0.1, 0.15) is 39.6 Å². The molecule has 0 radical (unpaired) electrons. The van der Waals surface area contributed by atoms with E-state index in [1.54, 1.807) is 12.1 Å². The SMILES string of the molecule is Cc1nc(N2CCN(c3ccccc3)CC2)nc2c1C(=O)CC(c1ccc(F)cc1)C2. The van der Waals surface area contributed by atoms with E-state index in [4.69, 9.17) is 9.97 Å². The average molecular weight is 417 g/mol. The van der Waals surface area contributed by atoms with E-state index in [9.17, 15) is 9.18 Å². The Kier molecular flexibility index (Phi) is 5.14. The average Bonchev–Trinajstić information content (AvgIpc) is 2.79. The molecule has 1 fully saturated rings. The molecule has 2 heterocycles. The fraction of sp³-hybridized carbons (Fsp3) is 0.320. The Bertz CT molecular complexity index is 1090. The van der Waals surface area contributed by atoms with Crippen LogP contribution >= 0.6 is 0 Å². The van der Waals surface area contributed by atoms with E-state index in [1.165, 1.54) is 17.8 Å². The van der Waals surface area contributed by atoms with E-state index in [1.807, 2.05) is 13.0 Å². The number of carbonyl (C=O) groups excluding carboxylic acids is 1. The highest BCUT2D eigenvalue weighted by Crippen LogP contribution is 2.34. The van der Waals surface area contributed by atoms with Crippen LogP contribution in [-0.4, -0.2) is 41.9 Å². The highest BCUT2D eigenvalue weighted by molar-refractivity contribution is 5.99. The van der Waals surface area contributed by atoms with Crippen LogP contribution in [0.2, 0.25) is 0 Å². The van der Waals surface area contributed by atoms with Crippen molar-refractivity contribution in [2.75, 3.05) is 36.0 Å². The molecule has 0 bridgehead atoms. The van der Waals surface area contributed by atoms with Crippen molar-refractivity contribution in [1.29, 1.82) is 0 Å². The van der Waals surface area contributed by atoms with Gasteiger partial charge in [0.1, 0.15) is 5.82 Å². The number of nitrogens with zero attached hydrogens (tertiary/aromatic N) is 4. The summed E-state index contributed by atoms with van der Waals surface area (Å²) in [6, 6.07) is 16.9. The van der Waals surface area contributed by atoms with Gasteiger partial charge >= 0.3 is 0 Å². The molecule has 0 saturated carbocycles. The number of rotatable bonds is 3. The van der Waals surface area contributed by atoms with Gasteiger partial charge in [0, 0.05) is 38.3 Å². The quantitative estimate of drug-likeness (QED) is 0.642. The highest BCUT2D eigenvalue weighted by atomic mass is 19.1. The second kappa shape index (κ2) is 8.10. The van der Waals surface area contributed by atoms with Crippen molar-refractivity contribution in [3.63, 3.8) is 0 Å². The monoisotopic (exact) mass is 416 g/mol. The van der Waals surface area contributed by atoms with Crippen LogP contribution in [0.15, 0.2) is 54.6 Å². The molecule has 2 aromatic carbocycles. The van der Waals surface area contributed by atoms with Crippen LogP contribution in [0.25, 0.3) is 0 Å². The lowest BCUT2D eigenvalue weighted by molar-refractivity contribution is 0.0962. The number of hydrogen-bond donors (Lipinski definition) is 0. The first-order valence-electron chi connectivity index (χ1n) is 10.8. The number of aryl methyl sites for hydroxylation is 1. The molecule has 5 nitrogen and oxygen atoms in total. The Labute approximate surface area is 181 Å². The number of Topliss-reactive ketones (excluding diaryl/α,β-unsaturated/α-hetero) is 1.